The Hall–Kier alpha value is -2.48. The number of halogens is 1. The molecule has 2 aliphatic heterocycles. The molecule has 3 amide bonds. The van der Waals surface area contributed by atoms with Crippen molar-refractivity contribution in [1.82, 2.24) is 15.1 Å². The minimum absolute atomic E-state index is 0.0466. The van der Waals surface area contributed by atoms with Crippen molar-refractivity contribution >= 4 is 23.4 Å². The van der Waals surface area contributed by atoms with Crippen LogP contribution in [0.25, 0.3) is 0 Å². The fraction of sp³-hybridized carbons (Fsp3) is 0.471. The third-order valence-electron chi connectivity index (χ3n) is 4.45. The molecule has 2 fully saturated rings. The Morgan fingerprint density at radius 3 is 2.64 bits per heavy atom. The SMILES string of the molecule is O=C(CN1CCN(C(=O)[C@@H]2CCC(=O)N2)CC1)Nc1cccc(F)c1. The molecule has 0 spiro atoms. The lowest BCUT2D eigenvalue weighted by Crippen LogP contribution is -2.54. The van der Waals surface area contributed by atoms with Gasteiger partial charge in [-0.05, 0) is 24.6 Å². The number of benzene rings is 1. The normalized spacial score (nSPS) is 21.1. The fourth-order valence-corrected chi connectivity index (χ4v) is 3.12. The monoisotopic (exact) mass is 348 g/mol. The summed E-state index contributed by atoms with van der Waals surface area (Å²) in [6, 6.07) is 5.35. The van der Waals surface area contributed by atoms with Crippen molar-refractivity contribution in [2.45, 2.75) is 18.9 Å². The van der Waals surface area contributed by atoms with E-state index in [-0.39, 0.29) is 24.3 Å². The Morgan fingerprint density at radius 2 is 2.00 bits per heavy atom. The standard InChI is InChI=1S/C17H21FN4O3/c18-12-2-1-3-13(10-12)19-16(24)11-21-6-8-22(9-7-21)17(25)14-4-5-15(23)20-14/h1-3,10,14H,4-9,11H2,(H,19,24)(H,20,23)/t14-/m0/s1. The molecule has 8 heteroatoms. The Balaban J connectivity index is 1.43. The molecular formula is C17H21FN4O3. The highest BCUT2D eigenvalue weighted by atomic mass is 19.1. The molecule has 1 aromatic carbocycles. The maximum atomic E-state index is 13.1. The molecule has 2 saturated heterocycles. The lowest BCUT2D eigenvalue weighted by Gasteiger charge is -2.35. The van der Waals surface area contributed by atoms with Crippen LogP contribution in [0.4, 0.5) is 10.1 Å². The Morgan fingerprint density at radius 1 is 1.24 bits per heavy atom. The maximum absolute atomic E-state index is 13.1. The second-order valence-electron chi connectivity index (χ2n) is 6.32. The van der Waals surface area contributed by atoms with Crippen molar-refractivity contribution in [2.24, 2.45) is 0 Å². The lowest BCUT2D eigenvalue weighted by atomic mass is 10.2. The molecular weight excluding hydrogens is 327 g/mol. The van der Waals surface area contributed by atoms with Crippen LogP contribution in [-0.2, 0) is 14.4 Å². The zero-order valence-corrected chi connectivity index (χ0v) is 13.8. The minimum Gasteiger partial charge on any atom is -0.344 e. The molecule has 25 heavy (non-hydrogen) atoms. The average Bonchev–Trinajstić information content (AvgIpc) is 3.01. The molecule has 3 rings (SSSR count). The van der Waals surface area contributed by atoms with Gasteiger partial charge in [0.25, 0.3) is 0 Å². The highest BCUT2D eigenvalue weighted by Gasteiger charge is 2.32. The highest BCUT2D eigenvalue weighted by Crippen LogP contribution is 2.13. The molecule has 7 nitrogen and oxygen atoms in total. The molecule has 2 aliphatic rings. The maximum Gasteiger partial charge on any atom is 0.245 e. The zero-order valence-electron chi connectivity index (χ0n) is 13.8. The number of nitrogens with one attached hydrogen (secondary N) is 2. The van der Waals surface area contributed by atoms with E-state index in [2.05, 4.69) is 10.6 Å². The smallest absolute Gasteiger partial charge is 0.245 e. The van der Waals surface area contributed by atoms with E-state index in [9.17, 15) is 18.8 Å². The third kappa shape index (κ3) is 4.54. The molecule has 0 radical (unpaired) electrons. The second-order valence-corrected chi connectivity index (χ2v) is 6.32. The predicted octanol–water partition coefficient (Wildman–Crippen LogP) is 0.187. The van der Waals surface area contributed by atoms with E-state index in [1.165, 1.54) is 18.2 Å². The van der Waals surface area contributed by atoms with Crippen LogP contribution in [0.3, 0.4) is 0 Å². The molecule has 2 heterocycles. The Kier molecular flexibility index (Phi) is 5.28. The predicted molar refractivity (Wildman–Crippen MR) is 89.2 cm³/mol. The fourth-order valence-electron chi connectivity index (χ4n) is 3.12. The lowest BCUT2D eigenvalue weighted by molar-refractivity contribution is -0.136. The van der Waals surface area contributed by atoms with Gasteiger partial charge in [-0.1, -0.05) is 6.07 Å². The largest absolute Gasteiger partial charge is 0.344 e. The van der Waals surface area contributed by atoms with Crippen LogP contribution in [0.15, 0.2) is 24.3 Å². The number of hydrogen-bond acceptors (Lipinski definition) is 4. The second kappa shape index (κ2) is 7.60. The van der Waals surface area contributed by atoms with Gasteiger partial charge in [0, 0.05) is 38.3 Å². The van der Waals surface area contributed by atoms with Crippen LogP contribution < -0.4 is 10.6 Å². The summed E-state index contributed by atoms with van der Waals surface area (Å²) in [4.78, 5) is 39.3. The van der Waals surface area contributed by atoms with Gasteiger partial charge in [0.1, 0.15) is 11.9 Å². The summed E-state index contributed by atoms with van der Waals surface area (Å²) in [5.41, 5.74) is 0.427. The summed E-state index contributed by atoms with van der Waals surface area (Å²) in [5.74, 6) is -0.738. The van der Waals surface area contributed by atoms with Crippen LogP contribution in [0.5, 0.6) is 0 Å². The van der Waals surface area contributed by atoms with E-state index in [0.717, 1.165) is 0 Å². The van der Waals surface area contributed by atoms with E-state index >= 15 is 0 Å². The number of carbonyl (C=O) groups excluding carboxylic acids is 3. The van der Waals surface area contributed by atoms with Crippen LogP contribution in [0, 0.1) is 5.82 Å². The number of piperazine rings is 1. The first kappa shape index (κ1) is 17.3. The first-order valence-electron chi connectivity index (χ1n) is 8.37. The van der Waals surface area contributed by atoms with Gasteiger partial charge in [-0.3, -0.25) is 19.3 Å². The molecule has 1 atom stereocenters. The van der Waals surface area contributed by atoms with Crippen LogP contribution in [0.1, 0.15) is 12.8 Å². The Labute approximate surface area is 145 Å². The number of carbonyl (C=O) groups is 3. The molecule has 0 aromatic heterocycles. The van der Waals surface area contributed by atoms with Gasteiger partial charge in [0.05, 0.1) is 6.54 Å². The van der Waals surface area contributed by atoms with Crippen molar-refractivity contribution < 1.29 is 18.8 Å². The summed E-state index contributed by atoms with van der Waals surface area (Å²) >= 11 is 0. The Bertz CT molecular complexity index is 674. The molecule has 2 N–H and O–H groups in total. The molecule has 0 bridgehead atoms. The summed E-state index contributed by atoms with van der Waals surface area (Å²) in [7, 11) is 0. The van der Waals surface area contributed by atoms with Gasteiger partial charge < -0.3 is 15.5 Å². The van der Waals surface area contributed by atoms with E-state index in [1.807, 2.05) is 4.90 Å². The molecule has 0 saturated carbocycles. The van der Waals surface area contributed by atoms with E-state index < -0.39 is 11.9 Å². The van der Waals surface area contributed by atoms with Gasteiger partial charge in [0.15, 0.2) is 0 Å². The van der Waals surface area contributed by atoms with Crippen molar-refractivity contribution in [3.63, 3.8) is 0 Å². The summed E-state index contributed by atoms with van der Waals surface area (Å²) in [5, 5.41) is 5.35. The molecule has 0 unspecified atom stereocenters. The van der Waals surface area contributed by atoms with E-state index in [4.69, 9.17) is 0 Å². The first-order chi connectivity index (χ1) is 12.0. The van der Waals surface area contributed by atoms with E-state index in [0.29, 0.717) is 44.7 Å². The molecule has 0 aliphatic carbocycles. The van der Waals surface area contributed by atoms with Crippen molar-refractivity contribution in [3.05, 3.63) is 30.1 Å². The van der Waals surface area contributed by atoms with Gasteiger partial charge in [0.2, 0.25) is 17.7 Å². The van der Waals surface area contributed by atoms with Crippen LogP contribution in [-0.4, -0.2) is 66.3 Å². The average molecular weight is 348 g/mol. The topological polar surface area (TPSA) is 81.8 Å². The van der Waals surface area contributed by atoms with E-state index in [1.54, 1.807) is 11.0 Å². The molecule has 1 aromatic rings. The number of amides is 3. The quantitative estimate of drug-likeness (QED) is 0.814. The van der Waals surface area contributed by atoms with Crippen molar-refractivity contribution in [2.75, 3.05) is 38.0 Å². The van der Waals surface area contributed by atoms with Crippen molar-refractivity contribution in [1.29, 1.82) is 0 Å². The van der Waals surface area contributed by atoms with Crippen molar-refractivity contribution in [3.8, 4) is 0 Å². The number of hydrogen-bond donors (Lipinski definition) is 2. The summed E-state index contributed by atoms with van der Waals surface area (Å²) in [6.45, 7) is 2.42. The number of nitrogens with zero attached hydrogens (tertiary/aromatic N) is 2. The zero-order chi connectivity index (χ0) is 17.8. The highest BCUT2D eigenvalue weighted by molar-refractivity contribution is 5.92. The minimum atomic E-state index is -0.407. The third-order valence-corrected chi connectivity index (χ3v) is 4.45. The van der Waals surface area contributed by atoms with Gasteiger partial charge in [-0.15, -0.1) is 0 Å². The van der Waals surface area contributed by atoms with Gasteiger partial charge in [-0.25, -0.2) is 4.39 Å². The summed E-state index contributed by atoms with van der Waals surface area (Å²) in [6.07, 6.45) is 0.949. The number of rotatable bonds is 4. The van der Waals surface area contributed by atoms with Gasteiger partial charge in [-0.2, -0.15) is 0 Å². The number of anilines is 1. The molecule has 134 valence electrons. The van der Waals surface area contributed by atoms with Gasteiger partial charge >= 0.3 is 0 Å². The summed E-state index contributed by atoms with van der Waals surface area (Å²) < 4.78 is 13.1. The van der Waals surface area contributed by atoms with Crippen LogP contribution >= 0.6 is 0 Å². The first-order valence-corrected chi connectivity index (χ1v) is 8.37. The van der Waals surface area contributed by atoms with Crippen LogP contribution in [0.2, 0.25) is 0 Å².